The van der Waals surface area contributed by atoms with Crippen molar-refractivity contribution in [1.29, 1.82) is 0 Å². The van der Waals surface area contributed by atoms with E-state index >= 15 is 0 Å². The van der Waals surface area contributed by atoms with Crippen molar-refractivity contribution in [1.82, 2.24) is 0 Å². The molecule has 3 aromatic carbocycles. The second-order valence-corrected chi connectivity index (χ2v) is 5.05. The van der Waals surface area contributed by atoms with E-state index in [-0.39, 0.29) is 11.1 Å². The Balaban J connectivity index is 0.000000181. The maximum Gasteiger partial charge on any atom is 0.335 e. The Hall–Kier alpha value is -3.67. The number of carbonyl (C=O) groups is 3. The summed E-state index contributed by atoms with van der Waals surface area (Å²) in [5, 5.41) is 27.7. The highest BCUT2D eigenvalue weighted by Gasteiger charge is 2.05. The molecule has 0 spiro atoms. The highest BCUT2D eigenvalue weighted by atomic mass is 16.4. The van der Waals surface area contributed by atoms with E-state index in [0.717, 1.165) is 10.8 Å². The fourth-order valence-corrected chi connectivity index (χ4v) is 2.08. The van der Waals surface area contributed by atoms with E-state index in [1.807, 2.05) is 30.3 Å². The van der Waals surface area contributed by atoms with Gasteiger partial charge in [-0.15, -0.1) is 0 Å². The van der Waals surface area contributed by atoms with Gasteiger partial charge < -0.3 is 15.3 Å². The molecule has 6 nitrogen and oxygen atoms in total. The second kappa shape index (κ2) is 7.74. The smallest absolute Gasteiger partial charge is 0.335 e. The van der Waals surface area contributed by atoms with E-state index in [1.54, 1.807) is 12.1 Å². The fourth-order valence-electron chi connectivity index (χ4n) is 2.08. The van der Waals surface area contributed by atoms with E-state index in [9.17, 15) is 14.4 Å². The highest BCUT2D eigenvalue weighted by Crippen LogP contribution is 2.15. The number of hydrogen-bond acceptors (Lipinski definition) is 3. The van der Waals surface area contributed by atoms with Crippen molar-refractivity contribution < 1.29 is 29.7 Å². The maximum atomic E-state index is 10.6. The zero-order valence-corrected chi connectivity index (χ0v) is 12.9. The summed E-state index contributed by atoms with van der Waals surface area (Å²) in [5.41, 5.74) is 0.499. The first kappa shape index (κ1) is 17.7. The van der Waals surface area contributed by atoms with Gasteiger partial charge >= 0.3 is 17.9 Å². The summed E-state index contributed by atoms with van der Waals surface area (Å²) >= 11 is 0. The third-order valence-corrected chi connectivity index (χ3v) is 3.38. The summed E-state index contributed by atoms with van der Waals surface area (Å²) in [4.78, 5) is 31.3. The summed E-state index contributed by atoms with van der Waals surface area (Å²) in [6.45, 7) is 0. The number of fused-ring (bicyclic) bond motifs is 1. The van der Waals surface area contributed by atoms with Crippen LogP contribution >= 0.6 is 0 Å². The van der Waals surface area contributed by atoms with Crippen molar-refractivity contribution in [3.63, 3.8) is 0 Å². The standard InChI is InChI=1S/C11H8O2.C8H6O4/c12-11(13)10-6-5-8-3-1-2-4-9(8)7-10;9-7(10)5-1-2-6(4-3-5)8(11)12/h1-7H,(H,12,13);1-4H,(H,9,10)(H,11,12). The van der Waals surface area contributed by atoms with Crippen molar-refractivity contribution in [3.8, 4) is 0 Å². The van der Waals surface area contributed by atoms with Crippen LogP contribution in [0.2, 0.25) is 0 Å². The Labute approximate surface area is 142 Å². The molecule has 0 radical (unpaired) electrons. The zero-order chi connectivity index (χ0) is 18.4. The number of aromatic carboxylic acids is 3. The van der Waals surface area contributed by atoms with E-state index < -0.39 is 17.9 Å². The first-order valence-electron chi connectivity index (χ1n) is 7.17. The lowest BCUT2D eigenvalue weighted by Gasteiger charge is -1.98. The Morgan fingerprint density at radius 1 is 0.520 bits per heavy atom. The second-order valence-electron chi connectivity index (χ2n) is 5.05. The molecule has 0 fully saturated rings. The van der Waals surface area contributed by atoms with E-state index in [0.29, 0.717) is 5.56 Å². The number of rotatable bonds is 3. The van der Waals surface area contributed by atoms with Gasteiger partial charge in [-0.3, -0.25) is 0 Å². The number of carboxylic acid groups (broad SMARTS) is 3. The fraction of sp³-hybridized carbons (Fsp3) is 0. The molecule has 0 saturated heterocycles. The van der Waals surface area contributed by atoms with Crippen LogP contribution in [-0.4, -0.2) is 33.2 Å². The lowest BCUT2D eigenvalue weighted by molar-refractivity contribution is 0.0681. The lowest BCUT2D eigenvalue weighted by Crippen LogP contribution is -1.99. The minimum atomic E-state index is -1.06. The first-order chi connectivity index (χ1) is 11.9. The van der Waals surface area contributed by atoms with Crippen LogP contribution < -0.4 is 0 Å². The van der Waals surface area contributed by atoms with Gasteiger partial charge in [0, 0.05) is 0 Å². The Bertz CT molecular complexity index is 895. The molecular formula is C19H14O6. The Morgan fingerprint density at radius 3 is 1.36 bits per heavy atom. The monoisotopic (exact) mass is 338 g/mol. The van der Waals surface area contributed by atoms with E-state index in [2.05, 4.69) is 0 Å². The van der Waals surface area contributed by atoms with Crippen molar-refractivity contribution in [2.24, 2.45) is 0 Å². The Kier molecular flexibility index (Phi) is 5.47. The normalized spacial score (nSPS) is 9.76. The van der Waals surface area contributed by atoms with Gasteiger partial charge in [0.25, 0.3) is 0 Å². The molecule has 0 amide bonds. The Morgan fingerprint density at radius 2 is 0.920 bits per heavy atom. The van der Waals surface area contributed by atoms with Crippen LogP contribution in [0.4, 0.5) is 0 Å². The van der Waals surface area contributed by atoms with E-state index in [1.165, 1.54) is 24.3 Å². The van der Waals surface area contributed by atoms with Gasteiger partial charge in [-0.1, -0.05) is 30.3 Å². The summed E-state index contributed by atoms with van der Waals surface area (Å²) in [6.07, 6.45) is 0. The predicted molar refractivity (Wildman–Crippen MR) is 91.3 cm³/mol. The quantitative estimate of drug-likeness (QED) is 0.672. The third-order valence-electron chi connectivity index (χ3n) is 3.38. The van der Waals surface area contributed by atoms with Gasteiger partial charge in [0.15, 0.2) is 0 Å². The SMILES string of the molecule is O=C(O)c1ccc(C(=O)O)cc1.O=C(O)c1ccc2ccccc2c1. The minimum Gasteiger partial charge on any atom is -0.478 e. The molecule has 0 atom stereocenters. The van der Waals surface area contributed by atoms with Crippen LogP contribution in [0.3, 0.4) is 0 Å². The summed E-state index contributed by atoms with van der Waals surface area (Å²) in [6, 6.07) is 17.8. The van der Waals surface area contributed by atoms with Crippen molar-refractivity contribution in [3.05, 3.63) is 83.4 Å². The van der Waals surface area contributed by atoms with Crippen LogP contribution in [0, 0.1) is 0 Å². The van der Waals surface area contributed by atoms with Crippen molar-refractivity contribution >= 4 is 28.7 Å². The lowest BCUT2D eigenvalue weighted by atomic mass is 10.1. The third kappa shape index (κ3) is 4.65. The maximum absolute atomic E-state index is 10.6. The first-order valence-corrected chi connectivity index (χ1v) is 7.17. The molecule has 0 aliphatic rings. The molecule has 3 rings (SSSR count). The van der Waals surface area contributed by atoms with Gasteiger partial charge in [0.2, 0.25) is 0 Å². The highest BCUT2D eigenvalue weighted by molar-refractivity contribution is 5.94. The molecule has 0 heterocycles. The van der Waals surface area contributed by atoms with Crippen LogP contribution in [0.1, 0.15) is 31.1 Å². The van der Waals surface area contributed by atoms with Crippen molar-refractivity contribution in [2.45, 2.75) is 0 Å². The molecule has 6 heteroatoms. The average Bonchev–Trinajstić information content (AvgIpc) is 2.61. The number of benzene rings is 3. The molecule has 126 valence electrons. The molecule has 0 bridgehead atoms. The zero-order valence-electron chi connectivity index (χ0n) is 12.9. The molecule has 0 aliphatic carbocycles. The van der Waals surface area contributed by atoms with Gasteiger partial charge in [-0.05, 0) is 47.2 Å². The van der Waals surface area contributed by atoms with Crippen LogP contribution in [0.15, 0.2) is 66.7 Å². The van der Waals surface area contributed by atoms with Crippen molar-refractivity contribution in [2.75, 3.05) is 0 Å². The molecule has 3 N–H and O–H groups in total. The number of hydrogen-bond donors (Lipinski definition) is 3. The molecule has 0 aliphatic heterocycles. The van der Waals surface area contributed by atoms with E-state index in [4.69, 9.17) is 15.3 Å². The molecule has 0 aromatic heterocycles. The van der Waals surface area contributed by atoms with Crippen LogP contribution in [0.25, 0.3) is 10.8 Å². The molecular weight excluding hydrogens is 324 g/mol. The minimum absolute atomic E-state index is 0.0833. The average molecular weight is 338 g/mol. The van der Waals surface area contributed by atoms with Gasteiger partial charge in [0.05, 0.1) is 16.7 Å². The summed E-state index contributed by atoms with van der Waals surface area (Å²) < 4.78 is 0. The van der Waals surface area contributed by atoms with Gasteiger partial charge in [0.1, 0.15) is 0 Å². The van der Waals surface area contributed by atoms with Crippen LogP contribution in [0.5, 0.6) is 0 Å². The van der Waals surface area contributed by atoms with Crippen LogP contribution in [-0.2, 0) is 0 Å². The summed E-state index contributed by atoms with van der Waals surface area (Å²) in [5.74, 6) is -3.01. The molecule has 25 heavy (non-hydrogen) atoms. The molecule has 0 saturated carbocycles. The number of carboxylic acids is 3. The van der Waals surface area contributed by atoms with Gasteiger partial charge in [-0.25, -0.2) is 14.4 Å². The molecule has 3 aromatic rings. The predicted octanol–water partition coefficient (Wildman–Crippen LogP) is 3.62. The topological polar surface area (TPSA) is 112 Å². The van der Waals surface area contributed by atoms with Gasteiger partial charge in [-0.2, -0.15) is 0 Å². The molecule has 0 unspecified atom stereocenters. The summed E-state index contributed by atoms with van der Waals surface area (Å²) in [7, 11) is 0. The largest absolute Gasteiger partial charge is 0.478 e.